The minimum atomic E-state index is -4.86. The Labute approximate surface area is 220 Å². The Bertz CT molecular complexity index is 1450. The quantitative estimate of drug-likeness (QED) is 0.314. The third kappa shape index (κ3) is 4.32. The van der Waals surface area contributed by atoms with E-state index in [4.69, 9.17) is 22.2 Å². The van der Waals surface area contributed by atoms with Crippen LogP contribution in [0.2, 0.25) is 0 Å². The van der Waals surface area contributed by atoms with Crippen molar-refractivity contribution >= 4 is 34.6 Å². The summed E-state index contributed by atoms with van der Waals surface area (Å²) in [6.07, 6.45) is 1.49. The summed E-state index contributed by atoms with van der Waals surface area (Å²) in [4.78, 5) is 23.6. The molecule has 2 fully saturated rings. The summed E-state index contributed by atoms with van der Waals surface area (Å²) in [6, 6.07) is 9.96. The van der Waals surface area contributed by atoms with Gasteiger partial charge in [-0.05, 0) is 61.3 Å². The van der Waals surface area contributed by atoms with Crippen LogP contribution in [0.25, 0.3) is 0 Å². The van der Waals surface area contributed by atoms with Crippen molar-refractivity contribution in [3.63, 3.8) is 0 Å². The molecule has 0 bridgehead atoms. The maximum Gasteiger partial charge on any atom is 0.419 e. The molecule has 194 valence electrons. The summed E-state index contributed by atoms with van der Waals surface area (Å²) >= 11 is 5.55. The number of hydrogen-bond donors (Lipinski definition) is 0. The largest absolute Gasteiger partial charge is 0.490 e. The number of ether oxygens (including phenoxy) is 1. The van der Waals surface area contributed by atoms with E-state index in [1.807, 2.05) is 6.07 Å². The molecule has 0 radical (unpaired) electrons. The summed E-state index contributed by atoms with van der Waals surface area (Å²) in [6.45, 7) is 0.216. The number of hydrogen-bond acceptors (Lipinski definition) is 6. The number of benzene rings is 1. The van der Waals surface area contributed by atoms with Crippen LogP contribution in [0.3, 0.4) is 0 Å². The number of pyridine rings is 2. The summed E-state index contributed by atoms with van der Waals surface area (Å²) in [5.41, 5.74) is -2.22. The van der Waals surface area contributed by atoms with Gasteiger partial charge in [0.2, 0.25) is 0 Å². The molecule has 3 heterocycles. The predicted molar refractivity (Wildman–Crippen MR) is 133 cm³/mol. The highest BCUT2D eigenvalue weighted by Crippen LogP contribution is 2.48. The van der Waals surface area contributed by atoms with Gasteiger partial charge in [-0.25, -0.2) is 9.37 Å². The van der Waals surface area contributed by atoms with E-state index >= 15 is 4.39 Å². The fraction of sp³-hybridized carbons (Fsp3) is 0.269. The first-order valence-electron chi connectivity index (χ1n) is 11.6. The third-order valence-electron chi connectivity index (χ3n) is 6.68. The third-order valence-corrected chi connectivity index (χ3v) is 7.05. The van der Waals surface area contributed by atoms with Gasteiger partial charge in [0.25, 0.3) is 5.91 Å². The van der Waals surface area contributed by atoms with E-state index in [9.17, 15) is 18.0 Å². The lowest BCUT2D eigenvalue weighted by molar-refractivity contribution is -0.138. The number of aromatic nitrogens is 2. The molecule has 12 heteroatoms. The highest BCUT2D eigenvalue weighted by molar-refractivity contribution is 7.81. The van der Waals surface area contributed by atoms with Crippen molar-refractivity contribution in [2.24, 2.45) is 0 Å². The normalized spacial score (nSPS) is 16.5. The number of amides is 1. The lowest BCUT2D eigenvalue weighted by Gasteiger charge is -2.43. The Morgan fingerprint density at radius 2 is 1.95 bits per heavy atom. The van der Waals surface area contributed by atoms with E-state index in [2.05, 4.69) is 9.97 Å². The molecule has 0 atom stereocenters. The second-order valence-corrected chi connectivity index (χ2v) is 9.28. The molecule has 2 aliphatic rings. The number of carbonyl (C=O) groups is 1. The molecule has 3 aromatic rings. The maximum absolute atomic E-state index is 15.0. The lowest BCUT2D eigenvalue weighted by atomic mass is 9.75. The first-order chi connectivity index (χ1) is 18.2. The molecular formula is C26H19F4N5O2S. The topological polar surface area (TPSA) is 82.4 Å². The van der Waals surface area contributed by atoms with Crippen molar-refractivity contribution in [2.75, 3.05) is 16.4 Å². The SMILES string of the molecule is N#Cc1ncc(N2C(=O)C3(CCC3)N(c3ccc(OCCc4cccnc4)c(F)c3)C2=S)cc1C(F)(F)F. The Morgan fingerprint density at radius 3 is 2.55 bits per heavy atom. The molecule has 1 amide bonds. The van der Waals surface area contributed by atoms with Gasteiger partial charge in [-0.1, -0.05) is 6.07 Å². The molecule has 1 aliphatic heterocycles. The monoisotopic (exact) mass is 541 g/mol. The van der Waals surface area contributed by atoms with Crippen molar-refractivity contribution in [3.05, 3.63) is 77.6 Å². The van der Waals surface area contributed by atoms with E-state index in [0.29, 0.717) is 31.7 Å². The average Bonchev–Trinajstić information content (AvgIpc) is 3.11. The van der Waals surface area contributed by atoms with Crippen molar-refractivity contribution in [1.29, 1.82) is 5.26 Å². The Balaban J connectivity index is 1.43. The number of nitriles is 1. The van der Waals surface area contributed by atoms with E-state index in [0.717, 1.165) is 16.7 Å². The molecule has 7 nitrogen and oxygen atoms in total. The molecule has 0 N–H and O–H groups in total. The number of anilines is 2. The molecule has 38 heavy (non-hydrogen) atoms. The fourth-order valence-electron chi connectivity index (χ4n) is 4.66. The van der Waals surface area contributed by atoms with Gasteiger partial charge in [0.15, 0.2) is 22.4 Å². The highest BCUT2D eigenvalue weighted by atomic mass is 32.1. The van der Waals surface area contributed by atoms with Crippen LogP contribution in [0.4, 0.5) is 28.9 Å². The Kier molecular flexibility index (Phi) is 6.48. The number of alkyl halides is 3. The molecule has 2 aromatic heterocycles. The first kappa shape index (κ1) is 25.5. The maximum atomic E-state index is 15.0. The zero-order valence-electron chi connectivity index (χ0n) is 19.7. The fourth-order valence-corrected chi connectivity index (χ4v) is 5.13. The van der Waals surface area contributed by atoms with E-state index in [-0.39, 0.29) is 28.8 Å². The van der Waals surface area contributed by atoms with Gasteiger partial charge in [0.1, 0.15) is 11.6 Å². The van der Waals surface area contributed by atoms with Gasteiger partial charge in [0.05, 0.1) is 24.1 Å². The molecule has 5 rings (SSSR count). The number of rotatable bonds is 6. The van der Waals surface area contributed by atoms with E-state index in [1.165, 1.54) is 23.1 Å². The van der Waals surface area contributed by atoms with Crippen molar-refractivity contribution in [2.45, 2.75) is 37.4 Å². The lowest BCUT2D eigenvalue weighted by Crippen LogP contribution is -2.55. The van der Waals surface area contributed by atoms with Gasteiger partial charge in [-0.15, -0.1) is 0 Å². The van der Waals surface area contributed by atoms with Crippen LogP contribution in [0.15, 0.2) is 55.0 Å². The first-order valence-corrected chi connectivity index (χ1v) is 12.0. The van der Waals surface area contributed by atoms with Crippen molar-refractivity contribution in [3.8, 4) is 11.8 Å². The van der Waals surface area contributed by atoms with Gasteiger partial charge < -0.3 is 9.64 Å². The number of halogens is 4. The van der Waals surface area contributed by atoms with E-state index in [1.54, 1.807) is 24.5 Å². The van der Waals surface area contributed by atoms with Gasteiger partial charge in [0, 0.05) is 30.6 Å². The highest BCUT2D eigenvalue weighted by Gasteiger charge is 2.59. The zero-order chi connectivity index (χ0) is 27.1. The van der Waals surface area contributed by atoms with Crippen LogP contribution in [0.1, 0.15) is 36.1 Å². The van der Waals surface area contributed by atoms with Crippen LogP contribution in [0, 0.1) is 17.1 Å². The smallest absolute Gasteiger partial charge is 0.419 e. The van der Waals surface area contributed by atoms with E-state index < -0.39 is 34.7 Å². The molecule has 0 unspecified atom stereocenters. The summed E-state index contributed by atoms with van der Waals surface area (Å²) < 4.78 is 61.2. The molecule has 1 spiro atoms. The zero-order valence-corrected chi connectivity index (χ0v) is 20.5. The minimum Gasteiger partial charge on any atom is -0.490 e. The second kappa shape index (κ2) is 9.64. The standard InChI is InChI=1S/C26H19F4N5O2S/c27-20-12-17(4-5-22(20)37-10-6-16-3-1-9-32-14-16)35-24(38)34(23(36)25(35)7-2-8-25)18-11-19(26(28,29)30)21(13-31)33-15-18/h1,3-5,9,11-12,14-15H,2,6-8,10H2. The van der Waals surface area contributed by atoms with Crippen LogP contribution >= 0.6 is 12.2 Å². The number of thiocarbonyl (C=S) groups is 1. The van der Waals surface area contributed by atoms with Gasteiger partial charge in [-0.3, -0.25) is 14.7 Å². The number of carbonyl (C=O) groups excluding carboxylic acids is 1. The summed E-state index contributed by atoms with van der Waals surface area (Å²) in [5, 5.41) is 8.95. The summed E-state index contributed by atoms with van der Waals surface area (Å²) in [7, 11) is 0. The molecule has 1 aliphatic carbocycles. The Hall–Kier alpha value is -4.11. The second-order valence-electron chi connectivity index (χ2n) is 8.92. The molecule has 1 saturated carbocycles. The number of nitrogens with zero attached hydrogens (tertiary/aromatic N) is 5. The van der Waals surface area contributed by atoms with Crippen LogP contribution in [0.5, 0.6) is 5.75 Å². The molecule has 1 saturated heterocycles. The molecule has 1 aromatic carbocycles. The van der Waals surface area contributed by atoms with Crippen molar-refractivity contribution < 1.29 is 27.1 Å². The van der Waals surface area contributed by atoms with Crippen LogP contribution in [-0.2, 0) is 17.4 Å². The van der Waals surface area contributed by atoms with Gasteiger partial charge in [-0.2, -0.15) is 18.4 Å². The minimum absolute atomic E-state index is 0.0136. The van der Waals surface area contributed by atoms with Crippen LogP contribution in [-0.4, -0.2) is 33.1 Å². The van der Waals surface area contributed by atoms with Gasteiger partial charge >= 0.3 is 6.18 Å². The predicted octanol–water partition coefficient (Wildman–Crippen LogP) is 5.19. The Morgan fingerprint density at radius 1 is 1.16 bits per heavy atom. The summed E-state index contributed by atoms with van der Waals surface area (Å²) in [5.74, 6) is -1.18. The van der Waals surface area contributed by atoms with Crippen molar-refractivity contribution in [1.82, 2.24) is 9.97 Å². The molecular weight excluding hydrogens is 522 g/mol. The van der Waals surface area contributed by atoms with Crippen LogP contribution < -0.4 is 14.5 Å². The average molecular weight is 542 g/mol.